The third-order valence-electron chi connectivity index (χ3n) is 2.91. The highest BCUT2D eigenvalue weighted by Gasteiger charge is 2.17. The lowest BCUT2D eigenvalue weighted by Gasteiger charge is -2.12. The number of hydrogen-bond acceptors (Lipinski definition) is 1. The summed E-state index contributed by atoms with van der Waals surface area (Å²) in [5.74, 6) is -1.29. The Morgan fingerprint density at radius 1 is 1.25 bits per heavy atom. The van der Waals surface area contributed by atoms with Crippen LogP contribution in [0.1, 0.15) is 25.7 Å². The van der Waals surface area contributed by atoms with Gasteiger partial charge in [-0.05, 0) is 30.9 Å². The molecular weight excluding hydrogens is 278 g/mol. The SMILES string of the molecule is Fc1cc(Br)cc(OCC2CCCC2)c1F. The van der Waals surface area contributed by atoms with E-state index in [9.17, 15) is 8.78 Å². The molecule has 0 radical (unpaired) electrons. The molecule has 2 rings (SSSR count). The Hall–Kier alpha value is -0.640. The average molecular weight is 291 g/mol. The number of hydrogen-bond donors (Lipinski definition) is 0. The monoisotopic (exact) mass is 290 g/mol. The molecule has 0 aromatic heterocycles. The van der Waals surface area contributed by atoms with E-state index in [1.165, 1.54) is 18.9 Å². The zero-order valence-corrected chi connectivity index (χ0v) is 10.4. The van der Waals surface area contributed by atoms with Crippen molar-refractivity contribution < 1.29 is 13.5 Å². The number of halogens is 3. The van der Waals surface area contributed by atoms with Gasteiger partial charge in [-0.3, -0.25) is 0 Å². The minimum absolute atomic E-state index is 0.00113. The molecule has 16 heavy (non-hydrogen) atoms. The zero-order valence-electron chi connectivity index (χ0n) is 8.81. The third kappa shape index (κ3) is 2.73. The first-order valence-corrected chi connectivity index (χ1v) is 6.23. The molecule has 1 aliphatic rings. The maximum atomic E-state index is 13.3. The molecule has 0 saturated heterocycles. The highest BCUT2D eigenvalue weighted by Crippen LogP contribution is 2.29. The van der Waals surface area contributed by atoms with E-state index < -0.39 is 11.6 Å². The molecule has 1 saturated carbocycles. The summed E-state index contributed by atoms with van der Waals surface area (Å²) in [4.78, 5) is 0. The van der Waals surface area contributed by atoms with Crippen molar-refractivity contribution in [3.05, 3.63) is 28.2 Å². The molecule has 1 fully saturated rings. The Balaban J connectivity index is 2.02. The summed E-state index contributed by atoms with van der Waals surface area (Å²) in [6, 6.07) is 2.56. The van der Waals surface area contributed by atoms with Gasteiger partial charge in [0.15, 0.2) is 11.6 Å². The van der Waals surface area contributed by atoms with Gasteiger partial charge in [0.1, 0.15) is 0 Å². The molecule has 0 heterocycles. The summed E-state index contributed by atoms with van der Waals surface area (Å²) in [5, 5.41) is 0. The minimum atomic E-state index is -0.902. The second-order valence-corrected chi connectivity index (χ2v) is 5.08. The molecule has 4 heteroatoms. The van der Waals surface area contributed by atoms with Gasteiger partial charge in [0.2, 0.25) is 5.82 Å². The Labute approximate surface area is 102 Å². The van der Waals surface area contributed by atoms with Crippen LogP contribution in [0.15, 0.2) is 16.6 Å². The van der Waals surface area contributed by atoms with Crippen LogP contribution in [0.3, 0.4) is 0 Å². The lowest BCUT2D eigenvalue weighted by molar-refractivity contribution is 0.239. The Morgan fingerprint density at radius 3 is 2.62 bits per heavy atom. The van der Waals surface area contributed by atoms with Crippen LogP contribution >= 0.6 is 15.9 Å². The van der Waals surface area contributed by atoms with Crippen LogP contribution in [0, 0.1) is 17.6 Å². The van der Waals surface area contributed by atoms with Gasteiger partial charge in [-0.25, -0.2) is 4.39 Å². The largest absolute Gasteiger partial charge is 0.490 e. The number of benzene rings is 1. The molecular formula is C12H13BrF2O. The van der Waals surface area contributed by atoms with Crippen LogP contribution < -0.4 is 4.74 Å². The van der Waals surface area contributed by atoms with Gasteiger partial charge in [0.05, 0.1) is 6.61 Å². The van der Waals surface area contributed by atoms with Gasteiger partial charge in [-0.15, -0.1) is 0 Å². The third-order valence-corrected chi connectivity index (χ3v) is 3.37. The Kier molecular flexibility index (Phi) is 3.79. The van der Waals surface area contributed by atoms with Gasteiger partial charge >= 0.3 is 0 Å². The maximum absolute atomic E-state index is 13.3. The van der Waals surface area contributed by atoms with E-state index in [0.717, 1.165) is 18.9 Å². The fraction of sp³-hybridized carbons (Fsp3) is 0.500. The molecule has 0 aliphatic heterocycles. The highest BCUT2D eigenvalue weighted by atomic mass is 79.9. The van der Waals surface area contributed by atoms with Gasteiger partial charge in [-0.2, -0.15) is 4.39 Å². The van der Waals surface area contributed by atoms with Crippen LogP contribution in [0.25, 0.3) is 0 Å². The maximum Gasteiger partial charge on any atom is 0.200 e. The van der Waals surface area contributed by atoms with Crippen LogP contribution in [0.4, 0.5) is 8.78 Å². The lowest BCUT2D eigenvalue weighted by Crippen LogP contribution is -2.09. The van der Waals surface area contributed by atoms with Crippen LogP contribution in [0.5, 0.6) is 5.75 Å². The predicted octanol–water partition coefficient (Wildman–Crippen LogP) is 4.30. The van der Waals surface area contributed by atoms with Crippen molar-refractivity contribution in [3.63, 3.8) is 0 Å². The second kappa shape index (κ2) is 5.13. The summed E-state index contributed by atoms with van der Waals surface area (Å²) < 4.78 is 32.2. The van der Waals surface area contributed by atoms with E-state index in [4.69, 9.17) is 4.74 Å². The van der Waals surface area contributed by atoms with E-state index >= 15 is 0 Å². The van der Waals surface area contributed by atoms with Gasteiger partial charge < -0.3 is 4.74 Å². The quantitative estimate of drug-likeness (QED) is 0.755. The molecule has 1 aromatic rings. The van der Waals surface area contributed by atoms with Crippen LogP contribution in [-0.2, 0) is 0 Å². The second-order valence-electron chi connectivity index (χ2n) is 4.16. The molecule has 1 nitrogen and oxygen atoms in total. The van der Waals surface area contributed by atoms with Gasteiger partial charge in [0.25, 0.3) is 0 Å². The van der Waals surface area contributed by atoms with E-state index in [1.807, 2.05) is 0 Å². The summed E-state index contributed by atoms with van der Waals surface area (Å²) in [5.41, 5.74) is 0. The molecule has 0 atom stereocenters. The normalized spacial score (nSPS) is 16.7. The van der Waals surface area contributed by atoms with E-state index in [-0.39, 0.29) is 5.75 Å². The number of rotatable bonds is 3. The molecule has 0 unspecified atom stereocenters. The Morgan fingerprint density at radius 2 is 1.94 bits per heavy atom. The first-order chi connectivity index (χ1) is 7.66. The molecule has 1 aliphatic carbocycles. The summed E-state index contributed by atoms with van der Waals surface area (Å²) in [6.45, 7) is 0.479. The highest BCUT2D eigenvalue weighted by molar-refractivity contribution is 9.10. The Bertz CT molecular complexity index is 376. The van der Waals surface area contributed by atoms with Crippen molar-refractivity contribution in [2.75, 3.05) is 6.61 Å². The van der Waals surface area contributed by atoms with Crippen molar-refractivity contribution in [1.29, 1.82) is 0 Å². The molecule has 0 spiro atoms. The van der Waals surface area contributed by atoms with E-state index in [1.54, 1.807) is 0 Å². The summed E-state index contributed by atoms with van der Waals surface area (Å²) >= 11 is 3.11. The van der Waals surface area contributed by atoms with Crippen LogP contribution in [-0.4, -0.2) is 6.61 Å². The number of ether oxygens (including phenoxy) is 1. The minimum Gasteiger partial charge on any atom is -0.490 e. The smallest absolute Gasteiger partial charge is 0.200 e. The topological polar surface area (TPSA) is 9.23 Å². The van der Waals surface area contributed by atoms with Gasteiger partial charge in [0, 0.05) is 4.47 Å². The van der Waals surface area contributed by atoms with Crippen molar-refractivity contribution in [1.82, 2.24) is 0 Å². The first kappa shape index (κ1) is 11.8. The van der Waals surface area contributed by atoms with E-state index in [2.05, 4.69) is 15.9 Å². The molecule has 0 bridgehead atoms. The van der Waals surface area contributed by atoms with Crippen molar-refractivity contribution in [2.45, 2.75) is 25.7 Å². The first-order valence-electron chi connectivity index (χ1n) is 5.44. The predicted molar refractivity (Wildman–Crippen MR) is 61.5 cm³/mol. The standard InChI is InChI=1S/C12H13BrF2O/c13-9-5-10(14)12(15)11(6-9)16-7-8-3-1-2-4-8/h5-6,8H,1-4,7H2. The van der Waals surface area contributed by atoms with Gasteiger partial charge in [-0.1, -0.05) is 28.8 Å². The fourth-order valence-corrected chi connectivity index (χ4v) is 2.43. The fourth-order valence-electron chi connectivity index (χ4n) is 2.02. The zero-order chi connectivity index (χ0) is 11.5. The van der Waals surface area contributed by atoms with Crippen molar-refractivity contribution >= 4 is 15.9 Å². The van der Waals surface area contributed by atoms with Crippen molar-refractivity contribution in [2.24, 2.45) is 5.92 Å². The van der Waals surface area contributed by atoms with Crippen LogP contribution in [0.2, 0.25) is 0 Å². The molecule has 0 amide bonds. The molecule has 1 aromatic carbocycles. The molecule has 88 valence electrons. The summed E-state index contributed by atoms with van der Waals surface area (Å²) in [7, 11) is 0. The van der Waals surface area contributed by atoms with E-state index in [0.29, 0.717) is 17.0 Å². The summed E-state index contributed by atoms with van der Waals surface area (Å²) in [6.07, 6.45) is 4.67. The lowest BCUT2D eigenvalue weighted by atomic mass is 10.1. The van der Waals surface area contributed by atoms with Crippen molar-refractivity contribution in [3.8, 4) is 5.75 Å². The molecule has 0 N–H and O–H groups in total. The average Bonchev–Trinajstić information content (AvgIpc) is 2.74.